The predicted molar refractivity (Wildman–Crippen MR) is 66.8 cm³/mol. The molecule has 0 saturated heterocycles. The summed E-state index contributed by atoms with van der Waals surface area (Å²) in [6.07, 6.45) is 1.76. The van der Waals surface area contributed by atoms with Gasteiger partial charge in [-0.3, -0.25) is 4.79 Å². The van der Waals surface area contributed by atoms with Crippen molar-refractivity contribution in [3.8, 4) is 0 Å². The minimum atomic E-state index is -0.0259. The van der Waals surface area contributed by atoms with E-state index in [1.54, 1.807) is 16.8 Å². The van der Waals surface area contributed by atoms with Gasteiger partial charge in [0.1, 0.15) is 0 Å². The smallest absolute Gasteiger partial charge is 0.265 e. The first kappa shape index (κ1) is 10.9. The molecule has 0 aliphatic carbocycles. The molecule has 5 heteroatoms. The molecule has 0 fully saturated rings. The second kappa shape index (κ2) is 4.51. The minimum Gasteiger partial charge on any atom is -0.309 e. The molecule has 0 aliphatic rings. The average Bonchev–Trinajstić information content (AvgIpc) is 2.59. The van der Waals surface area contributed by atoms with Crippen LogP contribution in [0.3, 0.4) is 0 Å². The predicted octanol–water partition coefficient (Wildman–Crippen LogP) is 3.37. The van der Waals surface area contributed by atoms with Gasteiger partial charge in [0, 0.05) is 11.1 Å². The van der Waals surface area contributed by atoms with Crippen molar-refractivity contribution in [2.45, 2.75) is 6.54 Å². The second-order valence-electron chi connectivity index (χ2n) is 2.99. The Balaban J connectivity index is 2.32. The topological polar surface area (TPSA) is 22.0 Å². The number of aromatic nitrogens is 1. The van der Waals surface area contributed by atoms with Crippen LogP contribution in [0.2, 0.25) is 4.34 Å². The zero-order chi connectivity index (χ0) is 10.8. The summed E-state index contributed by atoms with van der Waals surface area (Å²) in [6.45, 7) is 0.565. The third-order valence-electron chi connectivity index (χ3n) is 1.93. The Morgan fingerprint density at radius 1 is 1.40 bits per heavy atom. The van der Waals surface area contributed by atoms with Crippen LogP contribution in [0.4, 0.5) is 0 Å². The SMILES string of the molecule is O=c1c(Br)cccn1Cc1ccc(Cl)s1. The van der Waals surface area contributed by atoms with Crippen LogP contribution in [0.1, 0.15) is 4.88 Å². The van der Waals surface area contributed by atoms with Crippen molar-refractivity contribution >= 4 is 38.9 Å². The summed E-state index contributed by atoms with van der Waals surface area (Å²) in [5.74, 6) is 0. The van der Waals surface area contributed by atoms with Gasteiger partial charge in [-0.2, -0.15) is 0 Å². The number of thiophene rings is 1. The van der Waals surface area contributed by atoms with E-state index in [-0.39, 0.29) is 5.56 Å². The first-order valence-corrected chi connectivity index (χ1v) is 6.25. The van der Waals surface area contributed by atoms with E-state index in [0.717, 1.165) is 9.21 Å². The summed E-state index contributed by atoms with van der Waals surface area (Å²) in [6, 6.07) is 7.34. The normalized spacial score (nSPS) is 10.5. The third-order valence-corrected chi connectivity index (χ3v) is 3.75. The van der Waals surface area contributed by atoms with Gasteiger partial charge < -0.3 is 4.57 Å². The number of pyridine rings is 1. The Hall–Kier alpha value is -0.580. The molecule has 0 amide bonds. The molecule has 0 spiro atoms. The Morgan fingerprint density at radius 3 is 2.87 bits per heavy atom. The summed E-state index contributed by atoms with van der Waals surface area (Å²) >= 11 is 10.5. The Kier molecular flexibility index (Phi) is 3.29. The molecule has 78 valence electrons. The standard InChI is InChI=1S/C10H7BrClNOS/c11-8-2-1-5-13(10(8)14)6-7-3-4-9(12)15-7/h1-5H,6H2. The van der Waals surface area contributed by atoms with Crippen LogP contribution in [0, 0.1) is 0 Å². The van der Waals surface area contributed by atoms with Gasteiger partial charge in [0.05, 0.1) is 15.4 Å². The highest BCUT2D eigenvalue weighted by atomic mass is 79.9. The van der Waals surface area contributed by atoms with E-state index in [1.807, 2.05) is 18.2 Å². The summed E-state index contributed by atoms with van der Waals surface area (Å²) in [5, 5.41) is 0. The fraction of sp³-hybridized carbons (Fsp3) is 0.100. The van der Waals surface area contributed by atoms with Crippen molar-refractivity contribution in [3.05, 3.63) is 54.5 Å². The largest absolute Gasteiger partial charge is 0.309 e. The summed E-state index contributed by atoms with van der Waals surface area (Å²) in [7, 11) is 0. The fourth-order valence-corrected chi connectivity index (χ4v) is 2.70. The quantitative estimate of drug-likeness (QED) is 0.834. The molecule has 0 unspecified atom stereocenters. The maximum atomic E-state index is 11.7. The lowest BCUT2D eigenvalue weighted by Gasteiger charge is -2.03. The molecular weight excluding hydrogens is 298 g/mol. The highest BCUT2D eigenvalue weighted by Crippen LogP contribution is 2.21. The van der Waals surface area contributed by atoms with Gasteiger partial charge >= 0.3 is 0 Å². The van der Waals surface area contributed by atoms with Gasteiger partial charge in [-0.25, -0.2) is 0 Å². The number of nitrogens with zero attached hydrogens (tertiary/aromatic N) is 1. The zero-order valence-corrected chi connectivity index (χ0v) is 10.8. The average molecular weight is 305 g/mol. The molecular formula is C10H7BrClNOS. The van der Waals surface area contributed by atoms with Crippen LogP contribution >= 0.6 is 38.9 Å². The monoisotopic (exact) mass is 303 g/mol. The maximum Gasteiger partial charge on any atom is 0.265 e. The summed E-state index contributed by atoms with van der Waals surface area (Å²) in [5.41, 5.74) is -0.0259. The highest BCUT2D eigenvalue weighted by Gasteiger charge is 2.02. The lowest BCUT2D eigenvalue weighted by Crippen LogP contribution is -2.19. The van der Waals surface area contributed by atoms with E-state index in [1.165, 1.54) is 11.3 Å². The van der Waals surface area contributed by atoms with E-state index in [0.29, 0.717) is 11.0 Å². The van der Waals surface area contributed by atoms with Gasteiger partial charge in [0.25, 0.3) is 5.56 Å². The third kappa shape index (κ3) is 2.51. The number of hydrogen-bond donors (Lipinski definition) is 0. The molecule has 2 nitrogen and oxygen atoms in total. The van der Waals surface area contributed by atoms with Crippen molar-refractivity contribution in [2.24, 2.45) is 0 Å². The van der Waals surface area contributed by atoms with Gasteiger partial charge in [0.2, 0.25) is 0 Å². The van der Waals surface area contributed by atoms with Crippen LogP contribution in [-0.4, -0.2) is 4.57 Å². The van der Waals surface area contributed by atoms with E-state index in [2.05, 4.69) is 15.9 Å². The van der Waals surface area contributed by atoms with Crippen molar-refractivity contribution in [2.75, 3.05) is 0 Å². The van der Waals surface area contributed by atoms with Gasteiger partial charge in [-0.15, -0.1) is 11.3 Å². The van der Waals surface area contributed by atoms with E-state index < -0.39 is 0 Å². The Bertz CT molecular complexity index is 534. The first-order valence-electron chi connectivity index (χ1n) is 4.26. The molecule has 0 N–H and O–H groups in total. The Labute approximate surface area is 104 Å². The minimum absolute atomic E-state index is 0.0259. The summed E-state index contributed by atoms with van der Waals surface area (Å²) < 4.78 is 2.97. The molecule has 0 atom stereocenters. The van der Waals surface area contributed by atoms with Crippen molar-refractivity contribution < 1.29 is 0 Å². The van der Waals surface area contributed by atoms with Crippen LogP contribution in [0.25, 0.3) is 0 Å². The van der Waals surface area contributed by atoms with Gasteiger partial charge in [-0.05, 0) is 40.2 Å². The van der Waals surface area contributed by atoms with Crippen molar-refractivity contribution in [1.29, 1.82) is 0 Å². The van der Waals surface area contributed by atoms with Gasteiger partial charge in [-0.1, -0.05) is 11.6 Å². The van der Waals surface area contributed by atoms with E-state index >= 15 is 0 Å². The lowest BCUT2D eigenvalue weighted by molar-refractivity contribution is 0.765. The molecule has 2 rings (SSSR count). The first-order chi connectivity index (χ1) is 7.16. The van der Waals surface area contributed by atoms with Crippen molar-refractivity contribution in [1.82, 2.24) is 4.57 Å². The molecule has 0 aliphatic heterocycles. The maximum absolute atomic E-state index is 11.7. The molecule has 0 bridgehead atoms. The number of hydrogen-bond acceptors (Lipinski definition) is 2. The molecule has 0 aromatic carbocycles. The van der Waals surface area contributed by atoms with E-state index in [9.17, 15) is 4.79 Å². The van der Waals surface area contributed by atoms with Crippen LogP contribution < -0.4 is 5.56 Å². The lowest BCUT2D eigenvalue weighted by atomic mass is 10.4. The molecule has 2 aromatic heterocycles. The molecule has 0 radical (unpaired) electrons. The molecule has 15 heavy (non-hydrogen) atoms. The summed E-state index contributed by atoms with van der Waals surface area (Å²) in [4.78, 5) is 12.7. The van der Waals surface area contributed by atoms with Crippen LogP contribution in [0.5, 0.6) is 0 Å². The molecule has 0 saturated carbocycles. The number of rotatable bonds is 2. The molecule has 2 aromatic rings. The van der Waals surface area contributed by atoms with E-state index in [4.69, 9.17) is 11.6 Å². The fourth-order valence-electron chi connectivity index (χ4n) is 1.24. The zero-order valence-electron chi connectivity index (χ0n) is 7.61. The second-order valence-corrected chi connectivity index (χ2v) is 5.65. The number of halogens is 2. The van der Waals surface area contributed by atoms with Crippen LogP contribution in [0.15, 0.2) is 39.7 Å². The Morgan fingerprint density at radius 2 is 2.20 bits per heavy atom. The molecule has 2 heterocycles. The highest BCUT2D eigenvalue weighted by molar-refractivity contribution is 9.10. The van der Waals surface area contributed by atoms with Crippen LogP contribution in [-0.2, 0) is 6.54 Å². The van der Waals surface area contributed by atoms with Crippen molar-refractivity contribution in [3.63, 3.8) is 0 Å². The van der Waals surface area contributed by atoms with Gasteiger partial charge in [0.15, 0.2) is 0 Å².